The number of carbonyl (C=O) groups excluding carboxylic acids is 1. The Kier molecular flexibility index (Phi) is 5.45. The molecule has 0 bridgehead atoms. The largest absolute Gasteiger partial charge is 0.325 e. The maximum atomic E-state index is 13.6. The average Bonchev–Trinajstić information content (AvgIpc) is 2.49. The lowest BCUT2D eigenvalue weighted by molar-refractivity contribution is -0.114. The van der Waals surface area contributed by atoms with E-state index in [1.165, 1.54) is 36.9 Å². The van der Waals surface area contributed by atoms with Crippen LogP contribution < -0.4 is 10.0 Å². The summed E-state index contributed by atoms with van der Waals surface area (Å²) in [6, 6.07) is 6.66. The van der Waals surface area contributed by atoms with Gasteiger partial charge in [-0.3, -0.25) is 9.52 Å². The lowest BCUT2D eigenvalue weighted by Gasteiger charge is -2.12. The summed E-state index contributed by atoms with van der Waals surface area (Å²) < 4.78 is 53.4. The van der Waals surface area contributed by atoms with Crippen LogP contribution in [0.15, 0.2) is 46.2 Å². The average molecular weight is 372 g/mol. The van der Waals surface area contributed by atoms with Crippen molar-refractivity contribution in [3.8, 4) is 0 Å². The molecular formula is C15H14F2N2O3S2. The molecule has 0 aliphatic carbocycles. The van der Waals surface area contributed by atoms with Crippen LogP contribution in [-0.4, -0.2) is 20.6 Å². The molecule has 0 saturated heterocycles. The van der Waals surface area contributed by atoms with Crippen LogP contribution in [0.5, 0.6) is 0 Å². The third kappa shape index (κ3) is 4.24. The second-order valence-electron chi connectivity index (χ2n) is 4.77. The van der Waals surface area contributed by atoms with Crippen LogP contribution in [0, 0.1) is 11.6 Å². The normalized spacial score (nSPS) is 11.2. The fourth-order valence-electron chi connectivity index (χ4n) is 1.92. The maximum Gasteiger partial charge on any atom is 0.262 e. The van der Waals surface area contributed by atoms with Crippen molar-refractivity contribution < 1.29 is 22.0 Å². The molecule has 0 saturated carbocycles. The molecule has 0 fully saturated rings. The highest BCUT2D eigenvalue weighted by Gasteiger charge is 2.18. The van der Waals surface area contributed by atoms with E-state index in [0.717, 1.165) is 12.1 Å². The summed E-state index contributed by atoms with van der Waals surface area (Å²) in [4.78, 5) is 11.8. The molecule has 0 aliphatic rings. The first-order chi connectivity index (χ1) is 11.2. The maximum absolute atomic E-state index is 13.6. The second-order valence-corrected chi connectivity index (χ2v) is 7.30. The number of nitrogens with one attached hydrogen (secondary N) is 2. The van der Waals surface area contributed by atoms with E-state index >= 15 is 0 Å². The molecular weight excluding hydrogens is 358 g/mol. The number of amides is 1. The van der Waals surface area contributed by atoms with Gasteiger partial charge in [-0.2, -0.15) is 0 Å². The van der Waals surface area contributed by atoms with Crippen LogP contribution in [0.4, 0.5) is 20.2 Å². The number of benzene rings is 2. The number of carbonyl (C=O) groups is 1. The number of halogens is 2. The minimum Gasteiger partial charge on any atom is -0.325 e. The van der Waals surface area contributed by atoms with Crippen LogP contribution in [-0.2, 0) is 14.8 Å². The summed E-state index contributed by atoms with van der Waals surface area (Å²) in [6.07, 6.45) is 1.78. The molecule has 2 aromatic carbocycles. The van der Waals surface area contributed by atoms with E-state index in [-0.39, 0.29) is 16.5 Å². The highest BCUT2D eigenvalue weighted by molar-refractivity contribution is 7.98. The summed E-state index contributed by atoms with van der Waals surface area (Å²) in [6.45, 7) is 1.30. The van der Waals surface area contributed by atoms with Crippen LogP contribution in [0.3, 0.4) is 0 Å². The zero-order valence-electron chi connectivity index (χ0n) is 12.8. The molecule has 0 aromatic heterocycles. The number of anilines is 2. The lowest BCUT2D eigenvalue weighted by Crippen LogP contribution is -2.15. The Hall–Kier alpha value is -2.13. The first kappa shape index (κ1) is 18.2. The van der Waals surface area contributed by atoms with Gasteiger partial charge in [-0.05, 0) is 36.6 Å². The van der Waals surface area contributed by atoms with Gasteiger partial charge < -0.3 is 5.32 Å². The van der Waals surface area contributed by atoms with Crippen molar-refractivity contribution in [1.82, 2.24) is 0 Å². The number of rotatable bonds is 5. The first-order valence-electron chi connectivity index (χ1n) is 6.66. The van der Waals surface area contributed by atoms with E-state index in [0.29, 0.717) is 16.6 Å². The SMILES string of the molecule is CSc1ccc(S(=O)(=O)Nc2ccc(F)cc2F)cc1NC(C)=O. The third-order valence-electron chi connectivity index (χ3n) is 2.97. The predicted molar refractivity (Wildman–Crippen MR) is 89.7 cm³/mol. The summed E-state index contributed by atoms with van der Waals surface area (Å²) in [5.74, 6) is -2.19. The highest BCUT2D eigenvalue weighted by Crippen LogP contribution is 2.29. The van der Waals surface area contributed by atoms with Crippen LogP contribution in [0.25, 0.3) is 0 Å². The number of sulfonamides is 1. The molecule has 9 heteroatoms. The molecule has 0 spiro atoms. The topological polar surface area (TPSA) is 75.3 Å². The Morgan fingerprint density at radius 1 is 1.08 bits per heavy atom. The van der Waals surface area contributed by atoms with E-state index < -0.39 is 21.7 Å². The van der Waals surface area contributed by atoms with Gasteiger partial charge in [0.15, 0.2) is 0 Å². The van der Waals surface area contributed by atoms with Gasteiger partial charge in [0, 0.05) is 17.9 Å². The standard InChI is InChI=1S/C15H14F2N2O3S2/c1-9(20)18-14-8-11(4-6-15(14)23-2)24(21,22)19-13-5-3-10(16)7-12(13)17/h3-8,19H,1-2H3,(H,18,20). The summed E-state index contributed by atoms with van der Waals surface area (Å²) >= 11 is 1.33. The van der Waals surface area contributed by atoms with Crippen molar-refractivity contribution in [3.05, 3.63) is 48.0 Å². The molecule has 2 aromatic rings. The van der Waals surface area contributed by atoms with Gasteiger partial charge >= 0.3 is 0 Å². The Labute approximate surface area is 142 Å². The smallest absolute Gasteiger partial charge is 0.262 e. The monoisotopic (exact) mass is 372 g/mol. The Balaban J connectivity index is 2.40. The van der Waals surface area contributed by atoms with Gasteiger partial charge in [-0.15, -0.1) is 11.8 Å². The Bertz CT molecular complexity index is 886. The van der Waals surface area contributed by atoms with Gasteiger partial charge in [0.1, 0.15) is 11.6 Å². The fraction of sp³-hybridized carbons (Fsp3) is 0.133. The second kappa shape index (κ2) is 7.18. The minimum atomic E-state index is -4.10. The molecule has 0 aliphatic heterocycles. The van der Waals surface area contributed by atoms with E-state index in [9.17, 15) is 22.0 Å². The van der Waals surface area contributed by atoms with Gasteiger partial charge in [-0.25, -0.2) is 17.2 Å². The van der Waals surface area contributed by atoms with Crippen LogP contribution in [0.2, 0.25) is 0 Å². The van der Waals surface area contributed by atoms with Crippen molar-refractivity contribution in [2.24, 2.45) is 0 Å². The Morgan fingerprint density at radius 2 is 1.79 bits per heavy atom. The molecule has 2 N–H and O–H groups in total. The van der Waals surface area contributed by atoms with E-state index in [1.54, 1.807) is 6.26 Å². The van der Waals surface area contributed by atoms with E-state index in [2.05, 4.69) is 10.0 Å². The van der Waals surface area contributed by atoms with Crippen molar-refractivity contribution in [3.63, 3.8) is 0 Å². The van der Waals surface area contributed by atoms with Gasteiger partial charge in [0.25, 0.3) is 10.0 Å². The van der Waals surface area contributed by atoms with Gasteiger partial charge in [-0.1, -0.05) is 0 Å². The number of hydrogen-bond donors (Lipinski definition) is 2. The van der Waals surface area contributed by atoms with Crippen molar-refractivity contribution >= 4 is 39.1 Å². The quantitative estimate of drug-likeness (QED) is 0.789. The molecule has 0 heterocycles. The predicted octanol–water partition coefficient (Wildman–Crippen LogP) is 3.45. The summed E-state index contributed by atoms with van der Waals surface area (Å²) in [5, 5.41) is 2.54. The van der Waals surface area contributed by atoms with Crippen molar-refractivity contribution in [1.29, 1.82) is 0 Å². The highest BCUT2D eigenvalue weighted by atomic mass is 32.2. The molecule has 128 valence electrons. The Morgan fingerprint density at radius 3 is 2.38 bits per heavy atom. The molecule has 5 nitrogen and oxygen atoms in total. The molecule has 24 heavy (non-hydrogen) atoms. The molecule has 0 unspecified atom stereocenters. The van der Waals surface area contributed by atoms with Crippen LogP contribution >= 0.6 is 11.8 Å². The molecule has 2 rings (SSSR count). The fourth-order valence-corrected chi connectivity index (χ4v) is 3.54. The third-order valence-corrected chi connectivity index (χ3v) is 5.13. The van der Waals surface area contributed by atoms with Crippen molar-refractivity contribution in [2.75, 3.05) is 16.3 Å². The van der Waals surface area contributed by atoms with Crippen LogP contribution in [0.1, 0.15) is 6.92 Å². The van der Waals surface area contributed by atoms with Crippen molar-refractivity contribution in [2.45, 2.75) is 16.7 Å². The number of thioether (sulfide) groups is 1. The summed E-state index contributed by atoms with van der Waals surface area (Å²) in [7, 11) is -4.10. The molecule has 0 atom stereocenters. The van der Waals surface area contributed by atoms with E-state index in [1.807, 2.05) is 0 Å². The summed E-state index contributed by atoms with van der Waals surface area (Å²) in [5.41, 5.74) is -0.0381. The minimum absolute atomic E-state index is 0.159. The lowest BCUT2D eigenvalue weighted by atomic mass is 10.3. The van der Waals surface area contributed by atoms with E-state index in [4.69, 9.17) is 0 Å². The molecule has 0 radical (unpaired) electrons. The zero-order valence-corrected chi connectivity index (χ0v) is 14.4. The molecule has 1 amide bonds. The number of hydrogen-bond acceptors (Lipinski definition) is 4. The van der Waals surface area contributed by atoms with Gasteiger partial charge in [0.05, 0.1) is 16.3 Å². The first-order valence-corrected chi connectivity index (χ1v) is 9.37. The zero-order chi connectivity index (χ0) is 17.9. The van der Waals surface area contributed by atoms with Gasteiger partial charge in [0.2, 0.25) is 5.91 Å².